The van der Waals surface area contributed by atoms with Gasteiger partial charge < -0.3 is 9.31 Å². The van der Waals surface area contributed by atoms with Crippen LogP contribution in [0.5, 0.6) is 0 Å². The molecule has 0 spiro atoms. The summed E-state index contributed by atoms with van der Waals surface area (Å²) in [5, 5.41) is 3.44. The average molecular weight is 514 g/mol. The fourth-order valence-corrected chi connectivity index (χ4v) is 4.57. The number of benzene rings is 4. The summed E-state index contributed by atoms with van der Waals surface area (Å²) in [4.78, 5) is 10.0. The normalized spacial score (nSPS) is 15.7. The summed E-state index contributed by atoms with van der Waals surface area (Å²) in [6.45, 7) is 15.8. The van der Waals surface area contributed by atoms with Crippen molar-refractivity contribution in [1.29, 1.82) is 0 Å². The minimum atomic E-state index is -0.430. The molecule has 1 saturated heterocycles. The van der Waals surface area contributed by atoms with Gasteiger partial charge in [-0.05, 0) is 69.9 Å². The Hall–Kier alpha value is -3.80. The van der Waals surface area contributed by atoms with Crippen LogP contribution in [-0.2, 0) is 9.31 Å². The zero-order valence-corrected chi connectivity index (χ0v) is 23.7. The standard InChI is InChI=1S/C30H27BN2O2.C4H8/c1-29(2)30(3,4)35-31(34-29)24-13-9-12-23(19-24)28-32-26-15-8-7-14-25(26)27(33-28)22-17-16-20-10-5-6-11-21(20)18-22;1-4(2)3/h5-19H,1-4H3;1H2,2-3H3. The molecule has 5 aromatic rings. The lowest BCUT2D eigenvalue weighted by Crippen LogP contribution is -2.41. The molecule has 0 aliphatic carbocycles. The number of aromatic nitrogens is 2. The van der Waals surface area contributed by atoms with Gasteiger partial charge in [0.15, 0.2) is 5.82 Å². The summed E-state index contributed by atoms with van der Waals surface area (Å²) in [7, 11) is -0.430. The number of fused-ring (bicyclic) bond motifs is 2. The summed E-state index contributed by atoms with van der Waals surface area (Å²) >= 11 is 0. The van der Waals surface area contributed by atoms with Gasteiger partial charge in [-0.25, -0.2) is 9.97 Å². The highest BCUT2D eigenvalue weighted by Crippen LogP contribution is 2.37. The second-order valence-corrected chi connectivity index (χ2v) is 11.4. The van der Waals surface area contributed by atoms with Crippen LogP contribution in [0.3, 0.4) is 0 Å². The van der Waals surface area contributed by atoms with Crippen molar-refractivity contribution in [2.45, 2.75) is 52.7 Å². The molecule has 39 heavy (non-hydrogen) atoms. The zero-order chi connectivity index (χ0) is 27.8. The summed E-state index contributed by atoms with van der Waals surface area (Å²) in [6.07, 6.45) is 0. The van der Waals surface area contributed by atoms with Crippen molar-refractivity contribution >= 4 is 34.3 Å². The van der Waals surface area contributed by atoms with Gasteiger partial charge in [0.05, 0.1) is 22.4 Å². The SMILES string of the molecule is C=C(C)C.CC1(C)OB(c2cccc(-c3nc(-c4ccc5ccccc5c4)c4ccccc4n3)c2)OC1(C)C. The third kappa shape index (κ3) is 5.51. The molecule has 5 heteroatoms. The Balaban J connectivity index is 0.000000723. The lowest BCUT2D eigenvalue weighted by molar-refractivity contribution is 0.00578. The molecule has 0 saturated carbocycles. The van der Waals surface area contributed by atoms with Gasteiger partial charge in [0, 0.05) is 16.5 Å². The van der Waals surface area contributed by atoms with E-state index in [1.165, 1.54) is 16.3 Å². The van der Waals surface area contributed by atoms with E-state index in [1.54, 1.807) is 0 Å². The molecule has 1 fully saturated rings. The largest absolute Gasteiger partial charge is 0.494 e. The van der Waals surface area contributed by atoms with E-state index in [9.17, 15) is 0 Å². The number of para-hydroxylation sites is 1. The van der Waals surface area contributed by atoms with Gasteiger partial charge in [-0.3, -0.25) is 0 Å². The molecule has 1 aromatic heterocycles. The van der Waals surface area contributed by atoms with Crippen LogP contribution in [0.25, 0.3) is 44.3 Å². The average Bonchev–Trinajstić information content (AvgIpc) is 3.14. The molecule has 0 N–H and O–H groups in total. The Morgan fingerprint density at radius 1 is 0.692 bits per heavy atom. The highest BCUT2D eigenvalue weighted by atomic mass is 16.7. The van der Waals surface area contributed by atoms with Crippen LogP contribution in [0.15, 0.2) is 103 Å². The molecule has 196 valence electrons. The lowest BCUT2D eigenvalue weighted by Gasteiger charge is -2.32. The van der Waals surface area contributed by atoms with E-state index in [4.69, 9.17) is 19.3 Å². The molecule has 0 atom stereocenters. The smallest absolute Gasteiger partial charge is 0.399 e. The molecule has 0 unspecified atom stereocenters. The Labute approximate surface area is 231 Å². The van der Waals surface area contributed by atoms with Gasteiger partial charge in [-0.15, -0.1) is 6.58 Å². The maximum atomic E-state index is 6.28. The number of rotatable bonds is 3. The van der Waals surface area contributed by atoms with Crippen molar-refractivity contribution in [3.8, 4) is 22.6 Å². The fourth-order valence-electron chi connectivity index (χ4n) is 4.57. The second kappa shape index (κ2) is 10.4. The van der Waals surface area contributed by atoms with E-state index >= 15 is 0 Å². The number of hydrogen-bond acceptors (Lipinski definition) is 4. The third-order valence-corrected chi connectivity index (χ3v) is 7.30. The minimum absolute atomic E-state index is 0.392. The highest BCUT2D eigenvalue weighted by molar-refractivity contribution is 6.62. The molecule has 4 aromatic carbocycles. The summed E-state index contributed by atoms with van der Waals surface area (Å²) in [5.41, 5.74) is 5.20. The van der Waals surface area contributed by atoms with Crippen LogP contribution in [0.1, 0.15) is 41.5 Å². The molecule has 0 bridgehead atoms. The van der Waals surface area contributed by atoms with Crippen molar-refractivity contribution in [2.75, 3.05) is 0 Å². The van der Waals surface area contributed by atoms with Crippen LogP contribution >= 0.6 is 0 Å². The molecule has 1 aliphatic rings. The molecule has 0 radical (unpaired) electrons. The van der Waals surface area contributed by atoms with E-state index in [0.29, 0.717) is 5.82 Å². The van der Waals surface area contributed by atoms with E-state index < -0.39 is 18.3 Å². The predicted octanol–water partition coefficient (Wildman–Crippen LogP) is 8.00. The van der Waals surface area contributed by atoms with Crippen LogP contribution < -0.4 is 5.46 Å². The molecule has 6 rings (SSSR count). The molecule has 2 heterocycles. The van der Waals surface area contributed by atoms with Gasteiger partial charge in [-0.1, -0.05) is 84.4 Å². The first-order chi connectivity index (χ1) is 18.5. The Kier molecular flexibility index (Phi) is 7.15. The first kappa shape index (κ1) is 26.8. The highest BCUT2D eigenvalue weighted by Gasteiger charge is 2.51. The Bertz CT molecular complexity index is 1660. The maximum absolute atomic E-state index is 6.28. The van der Waals surface area contributed by atoms with Gasteiger partial charge in [0.25, 0.3) is 0 Å². The van der Waals surface area contributed by atoms with E-state index in [-0.39, 0.29) is 0 Å². The minimum Gasteiger partial charge on any atom is -0.399 e. The summed E-state index contributed by atoms with van der Waals surface area (Å²) < 4.78 is 12.6. The van der Waals surface area contributed by atoms with E-state index in [2.05, 4.69) is 88.9 Å². The van der Waals surface area contributed by atoms with E-state index in [1.807, 2.05) is 50.2 Å². The van der Waals surface area contributed by atoms with Crippen molar-refractivity contribution in [3.63, 3.8) is 0 Å². The second-order valence-electron chi connectivity index (χ2n) is 11.4. The van der Waals surface area contributed by atoms with Crippen molar-refractivity contribution in [1.82, 2.24) is 9.97 Å². The predicted molar refractivity (Wildman–Crippen MR) is 164 cm³/mol. The first-order valence-electron chi connectivity index (χ1n) is 13.4. The van der Waals surface area contributed by atoms with Gasteiger partial charge in [0.2, 0.25) is 0 Å². The number of nitrogens with zero attached hydrogens (tertiary/aromatic N) is 2. The molecule has 1 aliphatic heterocycles. The molecule has 4 nitrogen and oxygen atoms in total. The monoisotopic (exact) mass is 514 g/mol. The first-order valence-corrected chi connectivity index (χ1v) is 13.4. The lowest BCUT2D eigenvalue weighted by atomic mass is 9.78. The molecular formula is C34H35BN2O2. The quantitative estimate of drug-likeness (QED) is 0.181. The van der Waals surface area contributed by atoms with Crippen LogP contribution in [0.2, 0.25) is 0 Å². The van der Waals surface area contributed by atoms with Crippen LogP contribution in [0.4, 0.5) is 0 Å². The Morgan fingerprint density at radius 2 is 1.33 bits per heavy atom. The van der Waals surface area contributed by atoms with Gasteiger partial charge >= 0.3 is 7.12 Å². The fraction of sp³-hybridized carbons (Fsp3) is 0.235. The topological polar surface area (TPSA) is 44.2 Å². The number of hydrogen-bond donors (Lipinski definition) is 0. The van der Waals surface area contributed by atoms with Crippen LogP contribution in [0, 0.1) is 0 Å². The molecular weight excluding hydrogens is 479 g/mol. The maximum Gasteiger partial charge on any atom is 0.494 e. The van der Waals surface area contributed by atoms with E-state index in [0.717, 1.165) is 33.2 Å². The summed E-state index contributed by atoms with van der Waals surface area (Å²) in [5.74, 6) is 0.685. The Morgan fingerprint density at radius 3 is 2.05 bits per heavy atom. The third-order valence-electron chi connectivity index (χ3n) is 7.30. The summed E-state index contributed by atoms with van der Waals surface area (Å²) in [6, 6.07) is 31.3. The zero-order valence-electron chi connectivity index (χ0n) is 23.7. The van der Waals surface area contributed by atoms with Crippen molar-refractivity contribution in [2.24, 2.45) is 0 Å². The van der Waals surface area contributed by atoms with Gasteiger partial charge in [-0.2, -0.15) is 0 Å². The van der Waals surface area contributed by atoms with Crippen LogP contribution in [-0.4, -0.2) is 28.3 Å². The van der Waals surface area contributed by atoms with Crippen molar-refractivity contribution in [3.05, 3.63) is 103 Å². The molecule has 0 amide bonds. The number of allylic oxidation sites excluding steroid dienone is 1. The van der Waals surface area contributed by atoms with Gasteiger partial charge in [0.1, 0.15) is 0 Å². The van der Waals surface area contributed by atoms with Crippen molar-refractivity contribution < 1.29 is 9.31 Å².